The van der Waals surface area contributed by atoms with Crippen LogP contribution < -0.4 is 15.4 Å². The molecular formula is C18H27N5O. The standard InChI is InChI=1S/C18H27N5O/c1-23(2)11-5-9-19-17-13-18(22-14-21-17)20-10-8-15-6-4-7-16(12-15)24-3/h4,6-7,12-14H,5,8-11H2,1-3H3,(H2,19,20,21,22). The molecule has 0 saturated heterocycles. The molecule has 6 heteroatoms. The van der Waals surface area contributed by atoms with Crippen molar-refractivity contribution in [3.8, 4) is 5.75 Å². The number of ether oxygens (including phenoxy) is 1. The van der Waals surface area contributed by atoms with Crippen LogP contribution in [-0.2, 0) is 6.42 Å². The van der Waals surface area contributed by atoms with Gasteiger partial charge in [-0.25, -0.2) is 9.97 Å². The Labute approximate surface area is 144 Å². The summed E-state index contributed by atoms with van der Waals surface area (Å²) >= 11 is 0. The molecule has 0 bridgehead atoms. The van der Waals surface area contributed by atoms with Crippen molar-refractivity contribution >= 4 is 11.6 Å². The fraction of sp³-hybridized carbons (Fsp3) is 0.444. The molecule has 0 aliphatic heterocycles. The van der Waals surface area contributed by atoms with E-state index in [4.69, 9.17) is 4.74 Å². The van der Waals surface area contributed by atoms with Gasteiger partial charge in [-0.1, -0.05) is 12.1 Å². The molecule has 2 rings (SSSR count). The van der Waals surface area contributed by atoms with Crippen LogP contribution in [0.4, 0.5) is 11.6 Å². The lowest BCUT2D eigenvalue weighted by Gasteiger charge is -2.11. The van der Waals surface area contributed by atoms with Gasteiger partial charge in [0, 0.05) is 19.2 Å². The summed E-state index contributed by atoms with van der Waals surface area (Å²) in [5, 5.41) is 6.67. The van der Waals surface area contributed by atoms with Gasteiger partial charge in [0.15, 0.2) is 0 Å². The second-order valence-corrected chi connectivity index (χ2v) is 5.90. The number of nitrogens with one attached hydrogen (secondary N) is 2. The molecule has 24 heavy (non-hydrogen) atoms. The largest absolute Gasteiger partial charge is 0.497 e. The van der Waals surface area contributed by atoms with E-state index >= 15 is 0 Å². The summed E-state index contributed by atoms with van der Waals surface area (Å²) < 4.78 is 5.24. The first-order valence-electron chi connectivity index (χ1n) is 8.25. The fourth-order valence-electron chi connectivity index (χ4n) is 2.33. The zero-order valence-electron chi connectivity index (χ0n) is 14.7. The second kappa shape index (κ2) is 9.72. The lowest BCUT2D eigenvalue weighted by Crippen LogP contribution is -2.16. The Morgan fingerprint density at radius 1 is 1.04 bits per heavy atom. The number of hydrogen-bond acceptors (Lipinski definition) is 6. The van der Waals surface area contributed by atoms with Crippen molar-refractivity contribution in [3.05, 3.63) is 42.2 Å². The molecular weight excluding hydrogens is 302 g/mol. The number of anilines is 2. The highest BCUT2D eigenvalue weighted by molar-refractivity contribution is 5.46. The Hall–Kier alpha value is -2.34. The highest BCUT2D eigenvalue weighted by Gasteiger charge is 2.00. The van der Waals surface area contributed by atoms with Crippen molar-refractivity contribution in [1.29, 1.82) is 0 Å². The summed E-state index contributed by atoms with van der Waals surface area (Å²) in [6, 6.07) is 10.1. The van der Waals surface area contributed by atoms with Gasteiger partial charge in [-0.15, -0.1) is 0 Å². The van der Waals surface area contributed by atoms with E-state index in [0.717, 1.165) is 49.9 Å². The topological polar surface area (TPSA) is 62.3 Å². The molecule has 0 spiro atoms. The zero-order chi connectivity index (χ0) is 17.2. The molecule has 0 radical (unpaired) electrons. The first-order chi connectivity index (χ1) is 11.7. The lowest BCUT2D eigenvalue weighted by atomic mass is 10.1. The maximum Gasteiger partial charge on any atom is 0.131 e. The minimum absolute atomic E-state index is 0.810. The summed E-state index contributed by atoms with van der Waals surface area (Å²) in [6.45, 7) is 2.77. The Morgan fingerprint density at radius 3 is 2.50 bits per heavy atom. The summed E-state index contributed by atoms with van der Waals surface area (Å²) in [7, 11) is 5.84. The molecule has 130 valence electrons. The maximum absolute atomic E-state index is 5.24. The number of rotatable bonds is 10. The van der Waals surface area contributed by atoms with Crippen LogP contribution in [-0.4, -0.2) is 55.7 Å². The van der Waals surface area contributed by atoms with E-state index in [0.29, 0.717) is 0 Å². The maximum atomic E-state index is 5.24. The van der Waals surface area contributed by atoms with Crippen LogP contribution in [0.1, 0.15) is 12.0 Å². The molecule has 0 fully saturated rings. The average Bonchev–Trinajstić information content (AvgIpc) is 2.59. The Bertz CT molecular complexity index is 618. The molecule has 2 N–H and O–H groups in total. The number of nitrogens with zero attached hydrogens (tertiary/aromatic N) is 3. The second-order valence-electron chi connectivity index (χ2n) is 5.90. The van der Waals surface area contributed by atoms with Gasteiger partial charge in [-0.3, -0.25) is 0 Å². The third kappa shape index (κ3) is 6.42. The molecule has 0 aliphatic carbocycles. The van der Waals surface area contributed by atoms with Gasteiger partial charge in [0.1, 0.15) is 23.7 Å². The van der Waals surface area contributed by atoms with Crippen LogP contribution in [0.15, 0.2) is 36.7 Å². The third-order valence-electron chi connectivity index (χ3n) is 3.61. The summed E-state index contributed by atoms with van der Waals surface area (Å²) in [6.07, 6.45) is 3.57. The van der Waals surface area contributed by atoms with Gasteiger partial charge in [-0.05, 0) is 51.2 Å². The molecule has 0 unspecified atom stereocenters. The molecule has 6 nitrogen and oxygen atoms in total. The number of aromatic nitrogens is 2. The SMILES string of the molecule is COc1cccc(CCNc2cc(NCCCN(C)C)ncn2)c1. The first kappa shape index (κ1) is 18.0. The average molecular weight is 329 g/mol. The van der Waals surface area contributed by atoms with Crippen LogP contribution in [0.3, 0.4) is 0 Å². The molecule has 1 heterocycles. The molecule has 1 aromatic heterocycles. The van der Waals surface area contributed by atoms with Crippen LogP contribution in [0, 0.1) is 0 Å². The fourth-order valence-corrected chi connectivity index (χ4v) is 2.33. The van der Waals surface area contributed by atoms with Crippen molar-refractivity contribution in [2.75, 3.05) is 51.5 Å². The van der Waals surface area contributed by atoms with Crippen molar-refractivity contribution in [2.24, 2.45) is 0 Å². The van der Waals surface area contributed by atoms with Gasteiger partial charge in [0.25, 0.3) is 0 Å². The van der Waals surface area contributed by atoms with Gasteiger partial charge in [0.2, 0.25) is 0 Å². The summed E-state index contributed by atoms with van der Waals surface area (Å²) in [4.78, 5) is 10.7. The minimum Gasteiger partial charge on any atom is -0.497 e. The molecule has 0 amide bonds. The van der Waals surface area contributed by atoms with E-state index < -0.39 is 0 Å². The van der Waals surface area contributed by atoms with E-state index in [2.05, 4.69) is 51.7 Å². The Balaban J connectivity index is 1.77. The Kier molecular flexibility index (Phi) is 7.29. The van der Waals surface area contributed by atoms with Crippen molar-refractivity contribution in [1.82, 2.24) is 14.9 Å². The normalized spacial score (nSPS) is 10.7. The van der Waals surface area contributed by atoms with Crippen LogP contribution in [0.2, 0.25) is 0 Å². The molecule has 0 saturated carbocycles. The van der Waals surface area contributed by atoms with E-state index in [1.54, 1.807) is 13.4 Å². The Morgan fingerprint density at radius 2 is 1.79 bits per heavy atom. The quantitative estimate of drug-likeness (QED) is 0.653. The van der Waals surface area contributed by atoms with Crippen LogP contribution in [0.5, 0.6) is 5.75 Å². The molecule has 2 aromatic rings. The highest BCUT2D eigenvalue weighted by atomic mass is 16.5. The summed E-state index contributed by atoms with van der Waals surface area (Å²) in [5.74, 6) is 2.58. The van der Waals surface area contributed by atoms with E-state index in [1.807, 2.05) is 18.2 Å². The van der Waals surface area contributed by atoms with Crippen LogP contribution in [0.25, 0.3) is 0 Å². The third-order valence-corrected chi connectivity index (χ3v) is 3.61. The smallest absolute Gasteiger partial charge is 0.131 e. The van der Waals surface area contributed by atoms with Gasteiger partial charge >= 0.3 is 0 Å². The highest BCUT2D eigenvalue weighted by Crippen LogP contribution is 2.13. The summed E-state index contributed by atoms with van der Waals surface area (Å²) in [5.41, 5.74) is 1.23. The van der Waals surface area contributed by atoms with Gasteiger partial charge in [0.05, 0.1) is 7.11 Å². The number of methoxy groups -OCH3 is 1. The van der Waals surface area contributed by atoms with Crippen molar-refractivity contribution in [3.63, 3.8) is 0 Å². The van der Waals surface area contributed by atoms with Crippen molar-refractivity contribution in [2.45, 2.75) is 12.8 Å². The molecule has 1 aromatic carbocycles. The molecule has 0 atom stereocenters. The minimum atomic E-state index is 0.810. The number of hydrogen-bond donors (Lipinski definition) is 2. The van der Waals surface area contributed by atoms with Crippen LogP contribution >= 0.6 is 0 Å². The van der Waals surface area contributed by atoms with E-state index in [1.165, 1.54) is 5.56 Å². The lowest BCUT2D eigenvalue weighted by molar-refractivity contribution is 0.405. The zero-order valence-corrected chi connectivity index (χ0v) is 14.7. The van der Waals surface area contributed by atoms with E-state index in [9.17, 15) is 0 Å². The first-order valence-corrected chi connectivity index (χ1v) is 8.25. The predicted molar refractivity (Wildman–Crippen MR) is 98.9 cm³/mol. The monoisotopic (exact) mass is 329 g/mol. The van der Waals surface area contributed by atoms with Crippen molar-refractivity contribution < 1.29 is 4.74 Å². The van der Waals surface area contributed by atoms with E-state index in [-0.39, 0.29) is 0 Å². The van der Waals surface area contributed by atoms with Gasteiger partial charge < -0.3 is 20.3 Å². The van der Waals surface area contributed by atoms with Gasteiger partial charge in [-0.2, -0.15) is 0 Å². The predicted octanol–water partition coefficient (Wildman–Crippen LogP) is 2.50. The number of benzene rings is 1. The molecule has 0 aliphatic rings.